The minimum Gasteiger partial charge on any atom is -0.311 e. The molecule has 2 nitrogen and oxygen atoms in total. The van der Waals surface area contributed by atoms with E-state index in [1.165, 1.54) is 107 Å². The third-order valence-electron chi connectivity index (χ3n) is 16.4. The Morgan fingerprint density at radius 1 is 0.469 bits per heavy atom. The molecule has 7 aromatic carbocycles. The number of hydrogen-bond acceptors (Lipinski definition) is 2. The molecule has 0 aliphatic heterocycles. The first-order valence-corrected chi connectivity index (χ1v) is 24.4. The molecule has 0 N–H and O–H groups in total. The number of fused-ring (bicyclic) bond motifs is 5. The minimum absolute atomic E-state index is 0.0762. The summed E-state index contributed by atoms with van der Waals surface area (Å²) in [6.45, 7) is 12.2. The Bertz CT molecular complexity index is 2700. The first kappa shape index (κ1) is 40.9. The highest BCUT2D eigenvalue weighted by atomic mass is 15.1. The fourth-order valence-corrected chi connectivity index (χ4v) is 13.4. The minimum atomic E-state index is -0.117. The fraction of sp³-hybridized carbons (Fsp3) is 0.323. The van der Waals surface area contributed by atoms with Gasteiger partial charge in [0.25, 0.3) is 0 Å². The van der Waals surface area contributed by atoms with E-state index in [2.05, 4.69) is 220 Å². The quantitative estimate of drug-likeness (QED) is 0.143. The van der Waals surface area contributed by atoms with E-state index in [0.29, 0.717) is 5.92 Å². The summed E-state index contributed by atoms with van der Waals surface area (Å²) in [5, 5.41) is 0. The SMILES string of the molecule is CC1(C)c2ccccc2-c2ccc(N(c3ccc(C4CC5CCC4C5)cc3)c3ccc(C4(c5ccc(N(c6ccccc6)c6ccccc6)cc5)CCCCC4C(C)(C)C)cc3)cc21. The van der Waals surface area contributed by atoms with Crippen LogP contribution in [0.5, 0.6) is 0 Å². The Morgan fingerprint density at radius 3 is 1.55 bits per heavy atom. The zero-order valence-corrected chi connectivity index (χ0v) is 38.6. The van der Waals surface area contributed by atoms with E-state index in [4.69, 9.17) is 0 Å². The molecular formula is C62H64N2. The largest absolute Gasteiger partial charge is 0.311 e. The molecule has 7 aromatic rings. The van der Waals surface area contributed by atoms with Gasteiger partial charge in [-0.3, -0.25) is 0 Å². The third kappa shape index (κ3) is 6.91. The number of rotatable bonds is 9. The summed E-state index contributed by atoms with van der Waals surface area (Å²) in [5.41, 5.74) is 17.0. The highest BCUT2D eigenvalue weighted by Crippen LogP contribution is 2.57. The molecular weight excluding hydrogens is 773 g/mol. The van der Waals surface area contributed by atoms with Gasteiger partial charge < -0.3 is 9.80 Å². The Labute approximate surface area is 383 Å². The maximum atomic E-state index is 2.53. The summed E-state index contributed by atoms with van der Waals surface area (Å²) in [4.78, 5) is 4.91. The number of benzene rings is 7. The third-order valence-corrected chi connectivity index (χ3v) is 16.4. The summed E-state index contributed by atoms with van der Waals surface area (Å²) in [6.07, 6.45) is 10.5. The van der Waals surface area contributed by atoms with Gasteiger partial charge >= 0.3 is 0 Å². The van der Waals surface area contributed by atoms with Crippen LogP contribution in [0.3, 0.4) is 0 Å². The molecule has 0 radical (unpaired) electrons. The summed E-state index contributed by atoms with van der Waals surface area (Å²) < 4.78 is 0. The second-order valence-corrected chi connectivity index (χ2v) is 21.3. The van der Waals surface area contributed by atoms with Crippen molar-refractivity contribution in [2.45, 2.75) is 103 Å². The van der Waals surface area contributed by atoms with Crippen molar-refractivity contribution in [3.8, 4) is 11.1 Å². The number of hydrogen-bond donors (Lipinski definition) is 0. The van der Waals surface area contributed by atoms with Crippen molar-refractivity contribution in [2.75, 3.05) is 9.80 Å². The van der Waals surface area contributed by atoms with Gasteiger partial charge in [-0.2, -0.15) is 0 Å². The van der Waals surface area contributed by atoms with E-state index in [1.807, 2.05) is 0 Å². The topological polar surface area (TPSA) is 6.48 Å². The van der Waals surface area contributed by atoms with Crippen LogP contribution in [0.4, 0.5) is 34.1 Å². The van der Waals surface area contributed by atoms with Crippen molar-refractivity contribution in [2.24, 2.45) is 23.2 Å². The summed E-state index contributed by atoms with van der Waals surface area (Å²) >= 11 is 0. The molecule has 0 amide bonds. The lowest BCUT2D eigenvalue weighted by Gasteiger charge is -2.51. The molecule has 322 valence electrons. The number of anilines is 6. The molecule has 0 saturated heterocycles. The average molecular weight is 837 g/mol. The molecule has 3 saturated carbocycles. The Kier molecular flexibility index (Phi) is 10.2. The van der Waals surface area contributed by atoms with E-state index in [0.717, 1.165) is 35.5 Å². The molecule has 2 heteroatoms. The Hall–Kier alpha value is -5.86. The maximum absolute atomic E-state index is 2.53. The molecule has 0 aromatic heterocycles. The van der Waals surface area contributed by atoms with Gasteiger partial charge in [0.15, 0.2) is 0 Å². The summed E-state index contributed by atoms with van der Waals surface area (Å²) in [6, 6.07) is 67.1. The van der Waals surface area contributed by atoms with Crippen LogP contribution >= 0.6 is 0 Å². The van der Waals surface area contributed by atoms with E-state index >= 15 is 0 Å². The molecule has 3 fully saturated rings. The molecule has 5 unspecified atom stereocenters. The van der Waals surface area contributed by atoms with Crippen LogP contribution in [0.2, 0.25) is 0 Å². The van der Waals surface area contributed by atoms with E-state index in [-0.39, 0.29) is 16.2 Å². The van der Waals surface area contributed by atoms with Crippen LogP contribution in [0.25, 0.3) is 11.1 Å². The van der Waals surface area contributed by atoms with Crippen LogP contribution in [-0.4, -0.2) is 0 Å². The van der Waals surface area contributed by atoms with Crippen LogP contribution < -0.4 is 9.80 Å². The normalized spacial score (nSPS) is 23.1. The molecule has 4 aliphatic carbocycles. The van der Waals surface area contributed by atoms with E-state index in [1.54, 1.807) is 0 Å². The van der Waals surface area contributed by atoms with Gasteiger partial charge in [-0.15, -0.1) is 0 Å². The Morgan fingerprint density at radius 2 is 0.984 bits per heavy atom. The van der Waals surface area contributed by atoms with Gasteiger partial charge in [0.1, 0.15) is 0 Å². The molecule has 0 heterocycles. The van der Waals surface area contributed by atoms with Crippen molar-refractivity contribution in [3.63, 3.8) is 0 Å². The van der Waals surface area contributed by atoms with Crippen LogP contribution in [-0.2, 0) is 10.8 Å². The molecule has 5 atom stereocenters. The Balaban J connectivity index is 1.00. The van der Waals surface area contributed by atoms with E-state index in [9.17, 15) is 0 Å². The second-order valence-electron chi connectivity index (χ2n) is 21.3. The molecule has 2 bridgehead atoms. The lowest BCUT2D eigenvalue weighted by molar-refractivity contribution is 0.100. The molecule has 11 rings (SSSR count). The van der Waals surface area contributed by atoms with Gasteiger partial charge in [-0.1, -0.05) is 157 Å². The summed E-state index contributed by atoms with van der Waals surface area (Å²) in [5.74, 6) is 3.01. The van der Waals surface area contributed by atoms with Crippen LogP contribution in [0.15, 0.2) is 176 Å². The van der Waals surface area contributed by atoms with Crippen molar-refractivity contribution in [3.05, 3.63) is 204 Å². The highest BCUT2D eigenvalue weighted by molar-refractivity contribution is 5.86. The fourth-order valence-electron chi connectivity index (χ4n) is 13.4. The predicted molar refractivity (Wildman–Crippen MR) is 270 cm³/mol. The smallest absolute Gasteiger partial charge is 0.0465 e. The van der Waals surface area contributed by atoms with Crippen molar-refractivity contribution in [1.29, 1.82) is 0 Å². The van der Waals surface area contributed by atoms with Gasteiger partial charge in [-0.25, -0.2) is 0 Å². The van der Waals surface area contributed by atoms with Gasteiger partial charge in [-0.05, 0) is 173 Å². The van der Waals surface area contributed by atoms with E-state index < -0.39 is 0 Å². The zero-order valence-electron chi connectivity index (χ0n) is 38.6. The van der Waals surface area contributed by atoms with Gasteiger partial charge in [0, 0.05) is 45.0 Å². The highest BCUT2D eigenvalue weighted by Gasteiger charge is 2.48. The number of nitrogens with zero attached hydrogens (tertiary/aromatic N) is 2. The molecule has 4 aliphatic rings. The lowest BCUT2D eigenvalue weighted by Crippen LogP contribution is -2.45. The first-order valence-electron chi connectivity index (χ1n) is 24.4. The molecule has 0 spiro atoms. The standard InChI is InChI=1S/C62H64N2/c1-60(2,3)59-22-14-15-39-62(59,46-27-33-51(34-28-46)63(48-16-8-6-9-17-48)49-18-10-7-11-19-49)47-29-35-52(36-30-47)64(50-31-25-44(26-32-50)56-41-43-23-24-45(56)40-43)53-37-38-55-54-20-12-13-21-57(54)61(4,5)58(55)42-53/h6-13,16-21,25-38,42-43,45,56,59H,14-15,22-24,39-41H2,1-5H3. The molecule has 64 heavy (non-hydrogen) atoms. The lowest BCUT2D eigenvalue weighted by atomic mass is 9.52. The van der Waals surface area contributed by atoms with Crippen LogP contribution in [0.1, 0.15) is 120 Å². The average Bonchev–Trinajstić information content (AvgIpc) is 4.03. The maximum Gasteiger partial charge on any atom is 0.0465 e. The van der Waals surface area contributed by atoms with Gasteiger partial charge in [0.05, 0.1) is 0 Å². The van der Waals surface area contributed by atoms with Gasteiger partial charge in [0.2, 0.25) is 0 Å². The predicted octanol–water partition coefficient (Wildman–Crippen LogP) is 17.4. The van der Waals surface area contributed by atoms with Crippen molar-refractivity contribution in [1.82, 2.24) is 0 Å². The summed E-state index contributed by atoms with van der Waals surface area (Å²) in [7, 11) is 0. The monoisotopic (exact) mass is 837 g/mol. The van der Waals surface area contributed by atoms with Crippen molar-refractivity contribution >= 4 is 34.1 Å². The zero-order chi connectivity index (χ0) is 43.6. The second kappa shape index (κ2) is 16.0. The van der Waals surface area contributed by atoms with Crippen molar-refractivity contribution < 1.29 is 0 Å². The number of para-hydroxylation sites is 2. The van der Waals surface area contributed by atoms with Crippen LogP contribution in [0, 0.1) is 23.2 Å². The first-order chi connectivity index (χ1) is 31.1.